The molecule has 0 saturated heterocycles. The molecule has 2 N–H and O–H groups in total. The van der Waals surface area contributed by atoms with Crippen molar-refractivity contribution >= 4 is 16.9 Å². The van der Waals surface area contributed by atoms with Gasteiger partial charge in [0.2, 0.25) is 0 Å². The minimum atomic E-state index is -5.08. The summed E-state index contributed by atoms with van der Waals surface area (Å²) in [6.07, 6.45) is -5.08. The number of hydrogen-bond acceptors (Lipinski definition) is 2. The standard InChI is InChI=1S/C10H8N2.C2HF3O2/c1-7-4-9-3-2-8(6-11)5-10(9)12-7;3-2(4,5)1(6)7/h2-5,12H,1H3;(H,6,7). The van der Waals surface area contributed by atoms with E-state index in [2.05, 4.69) is 17.1 Å². The Bertz CT molecular complexity index is 638. The Morgan fingerprint density at radius 3 is 2.42 bits per heavy atom. The maximum atomic E-state index is 10.6. The summed E-state index contributed by atoms with van der Waals surface area (Å²) in [5, 5.41) is 16.9. The lowest BCUT2D eigenvalue weighted by molar-refractivity contribution is -0.192. The summed E-state index contributed by atoms with van der Waals surface area (Å²) in [6, 6.07) is 9.82. The third-order valence-corrected chi connectivity index (χ3v) is 2.13. The van der Waals surface area contributed by atoms with Crippen LogP contribution in [-0.4, -0.2) is 22.2 Å². The predicted molar refractivity (Wildman–Crippen MR) is 61.4 cm³/mol. The van der Waals surface area contributed by atoms with Crippen molar-refractivity contribution in [1.29, 1.82) is 5.26 Å². The van der Waals surface area contributed by atoms with E-state index in [1.54, 1.807) is 0 Å². The van der Waals surface area contributed by atoms with Crippen molar-refractivity contribution in [2.24, 2.45) is 0 Å². The molecule has 0 saturated carbocycles. The van der Waals surface area contributed by atoms with Gasteiger partial charge in [0.25, 0.3) is 0 Å². The predicted octanol–water partition coefficient (Wildman–Crippen LogP) is 2.98. The summed E-state index contributed by atoms with van der Waals surface area (Å²) in [7, 11) is 0. The number of halogens is 3. The number of rotatable bonds is 0. The molecule has 0 spiro atoms. The monoisotopic (exact) mass is 270 g/mol. The first-order chi connectivity index (χ1) is 8.74. The zero-order valence-electron chi connectivity index (χ0n) is 9.75. The van der Waals surface area contributed by atoms with Crippen molar-refractivity contribution in [2.75, 3.05) is 0 Å². The van der Waals surface area contributed by atoms with Crippen LogP contribution in [0.4, 0.5) is 13.2 Å². The first-order valence-corrected chi connectivity index (χ1v) is 5.03. The topological polar surface area (TPSA) is 76.9 Å². The Morgan fingerprint density at radius 2 is 1.95 bits per heavy atom. The molecule has 2 rings (SSSR count). The molecule has 19 heavy (non-hydrogen) atoms. The number of nitrogens with zero attached hydrogens (tertiary/aromatic N) is 1. The number of aryl methyl sites for hydroxylation is 1. The molecule has 4 nitrogen and oxygen atoms in total. The van der Waals surface area contributed by atoms with Gasteiger partial charge in [-0.2, -0.15) is 18.4 Å². The molecular weight excluding hydrogens is 261 g/mol. The van der Waals surface area contributed by atoms with Gasteiger partial charge in [-0.15, -0.1) is 0 Å². The Labute approximate surface area is 106 Å². The Morgan fingerprint density at radius 1 is 1.37 bits per heavy atom. The minimum absolute atomic E-state index is 0.698. The number of nitriles is 1. The SMILES string of the molecule is Cc1cc2ccc(C#N)cc2[nH]1.O=C(O)C(F)(F)F. The highest BCUT2D eigenvalue weighted by molar-refractivity contribution is 5.81. The maximum Gasteiger partial charge on any atom is 0.490 e. The second kappa shape index (κ2) is 5.44. The van der Waals surface area contributed by atoms with E-state index in [1.807, 2.05) is 25.1 Å². The summed E-state index contributed by atoms with van der Waals surface area (Å²) in [6.45, 7) is 2.01. The zero-order valence-corrected chi connectivity index (χ0v) is 9.75. The third-order valence-electron chi connectivity index (χ3n) is 2.13. The van der Waals surface area contributed by atoms with E-state index in [9.17, 15) is 13.2 Å². The number of carboxylic acids is 1. The molecule has 0 aliphatic rings. The minimum Gasteiger partial charge on any atom is -0.475 e. The number of benzene rings is 1. The number of aromatic amines is 1. The van der Waals surface area contributed by atoms with Crippen LogP contribution in [0, 0.1) is 18.3 Å². The number of H-pyrrole nitrogens is 1. The van der Waals surface area contributed by atoms with Crippen molar-refractivity contribution in [1.82, 2.24) is 4.98 Å². The van der Waals surface area contributed by atoms with Crippen LogP contribution < -0.4 is 0 Å². The highest BCUT2D eigenvalue weighted by Crippen LogP contribution is 2.16. The molecule has 0 aliphatic heterocycles. The number of carboxylic acid groups (broad SMARTS) is 1. The summed E-state index contributed by atoms with van der Waals surface area (Å²) < 4.78 is 31.7. The van der Waals surface area contributed by atoms with Crippen LogP contribution in [0.15, 0.2) is 24.3 Å². The van der Waals surface area contributed by atoms with Crippen molar-refractivity contribution in [3.63, 3.8) is 0 Å². The van der Waals surface area contributed by atoms with E-state index < -0.39 is 12.1 Å². The average Bonchev–Trinajstić information content (AvgIpc) is 2.67. The normalized spacial score (nSPS) is 10.5. The van der Waals surface area contributed by atoms with Gasteiger partial charge in [0, 0.05) is 11.2 Å². The van der Waals surface area contributed by atoms with Gasteiger partial charge in [0.15, 0.2) is 0 Å². The van der Waals surface area contributed by atoms with Crippen molar-refractivity contribution in [3.05, 3.63) is 35.5 Å². The van der Waals surface area contributed by atoms with Gasteiger partial charge in [-0.3, -0.25) is 0 Å². The molecule has 7 heteroatoms. The highest BCUT2D eigenvalue weighted by atomic mass is 19.4. The van der Waals surface area contributed by atoms with Crippen molar-refractivity contribution in [3.8, 4) is 6.07 Å². The Hall–Kier alpha value is -2.49. The van der Waals surface area contributed by atoms with E-state index in [1.165, 1.54) is 0 Å². The van der Waals surface area contributed by atoms with Gasteiger partial charge in [0.1, 0.15) is 0 Å². The number of hydrogen-bond donors (Lipinski definition) is 2. The van der Waals surface area contributed by atoms with Gasteiger partial charge in [0.05, 0.1) is 11.6 Å². The molecule has 1 aromatic carbocycles. The Kier molecular flexibility index (Phi) is 4.17. The average molecular weight is 270 g/mol. The summed E-state index contributed by atoms with van der Waals surface area (Å²) in [5.41, 5.74) is 2.86. The fourth-order valence-corrected chi connectivity index (χ4v) is 1.34. The second-order valence-electron chi connectivity index (χ2n) is 3.67. The van der Waals surface area contributed by atoms with E-state index in [0.29, 0.717) is 5.56 Å². The van der Waals surface area contributed by atoms with Gasteiger partial charge in [-0.25, -0.2) is 4.79 Å². The molecule has 0 unspecified atom stereocenters. The summed E-state index contributed by atoms with van der Waals surface area (Å²) >= 11 is 0. The fourth-order valence-electron chi connectivity index (χ4n) is 1.34. The van der Waals surface area contributed by atoms with Crippen LogP contribution in [0.5, 0.6) is 0 Å². The maximum absolute atomic E-state index is 10.6. The number of carbonyl (C=O) groups is 1. The molecular formula is C12H9F3N2O2. The molecule has 0 atom stereocenters. The van der Waals surface area contributed by atoms with Gasteiger partial charge in [-0.1, -0.05) is 6.07 Å². The van der Waals surface area contributed by atoms with E-state index >= 15 is 0 Å². The van der Waals surface area contributed by atoms with Crippen LogP contribution in [-0.2, 0) is 4.79 Å². The number of aromatic nitrogens is 1. The van der Waals surface area contributed by atoms with Crippen molar-refractivity contribution < 1.29 is 23.1 Å². The van der Waals surface area contributed by atoms with Crippen LogP contribution in [0.2, 0.25) is 0 Å². The van der Waals surface area contributed by atoms with Gasteiger partial charge < -0.3 is 10.1 Å². The lowest BCUT2D eigenvalue weighted by Gasteiger charge is -1.93. The van der Waals surface area contributed by atoms with Crippen LogP contribution in [0.25, 0.3) is 10.9 Å². The molecule has 2 aromatic rings. The second-order valence-corrected chi connectivity index (χ2v) is 3.67. The van der Waals surface area contributed by atoms with Crippen LogP contribution in [0.3, 0.4) is 0 Å². The highest BCUT2D eigenvalue weighted by Gasteiger charge is 2.38. The van der Waals surface area contributed by atoms with Crippen LogP contribution in [0.1, 0.15) is 11.3 Å². The molecule has 0 amide bonds. The first-order valence-electron chi connectivity index (χ1n) is 5.03. The summed E-state index contributed by atoms with van der Waals surface area (Å²) in [5.74, 6) is -2.76. The third kappa shape index (κ3) is 4.03. The van der Waals surface area contributed by atoms with E-state index in [-0.39, 0.29) is 0 Å². The van der Waals surface area contributed by atoms with Crippen molar-refractivity contribution in [2.45, 2.75) is 13.1 Å². The molecule has 0 fully saturated rings. The molecule has 1 aromatic heterocycles. The molecule has 1 heterocycles. The Balaban J connectivity index is 0.000000224. The van der Waals surface area contributed by atoms with Gasteiger partial charge >= 0.3 is 12.1 Å². The molecule has 0 aliphatic carbocycles. The molecule has 0 bridgehead atoms. The fraction of sp³-hybridized carbons (Fsp3) is 0.167. The zero-order chi connectivity index (χ0) is 14.6. The van der Waals surface area contributed by atoms with Crippen LogP contribution >= 0.6 is 0 Å². The molecule has 0 radical (unpaired) electrons. The number of aliphatic carboxylic acids is 1. The largest absolute Gasteiger partial charge is 0.490 e. The number of nitrogens with one attached hydrogen (secondary N) is 1. The lowest BCUT2D eigenvalue weighted by Crippen LogP contribution is -2.21. The lowest BCUT2D eigenvalue weighted by atomic mass is 10.2. The molecule has 100 valence electrons. The number of alkyl halides is 3. The summed E-state index contributed by atoms with van der Waals surface area (Å²) in [4.78, 5) is 12.1. The van der Waals surface area contributed by atoms with E-state index in [0.717, 1.165) is 16.6 Å². The van der Waals surface area contributed by atoms with E-state index in [4.69, 9.17) is 15.2 Å². The van der Waals surface area contributed by atoms with Gasteiger partial charge in [-0.05, 0) is 30.5 Å². The number of fused-ring (bicyclic) bond motifs is 1. The quantitative estimate of drug-likeness (QED) is 0.772. The smallest absolute Gasteiger partial charge is 0.475 e. The first kappa shape index (κ1) is 14.6.